The normalized spacial score (nSPS) is 12.5. The van der Waals surface area contributed by atoms with E-state index in [-0.39, 0.29) is 6.04 Å². The summed E-state index contributed by atoms with van der Waals surface area (Å²) in [7, 11) is 2.01. The Hall–Kier alpha value is -1.29. The summed E-state index contributed by atoms with van der Waals surface area (Å²) in [6.45, 7) is 4.21. The summed E-state index contributed by atoms with van der Waals surface area (Å²) in [6.07, 6.45) is 3.78. The molecule has 90 valence electrons. The molecule has 3 nitrogen and oxygen atoms in total. The fourth-order valence-electron chi connectivity index (χ4n) is 1.84. The zero-order chi connectivity index (χ0) is 12.4. The van der Waals surface area contributed by atoms with Gasteiger partial charge in [0.15, 0.2) is 0 Å². The van der Waals surface area contributed by atoms with E-state index in [4.69, 9.17) is 0 Å². The van der Waals surface area contributed by atoms with E-state index in [1.54, 1.807) is 0 Å². The first-order valence-electron chi connectivity index (χ1n) is 5.58. The molecule has 0 saturated heterocycles. The molecule has 17 heavy (non-hydrogen) atoms. The molecule has 1 atom stereocenters. The summed E-state index contributed by atoms with van der Waals surface area (Å²) in [5.41, 5.74) is 2.36. The van der Waals surface area contributed by atoms with Gasteiger partial charge in [-0.2, -0.15) is 0 Å². The number of aromatic nitrogens is 2. The van der Waals surface area contributed by atoms with Crippen molar-refractivity contribution in [2.45, 2.75) is 19.9 Å². The van der Waals surface area contributed by atoms with Crippen LogP contribution in [0, 0.1) is 6.92 Å². The highest BCUT2D eigenvalue weighted by atomic mass is 79.9. The molecule has 0 spiro atoms. The summed E-state index contributed by atoms with van der Waals surface area (Å²) in [4.78, 5) is 4.35. The number of hydrogen-bond donors (Lipinski definition) is 1. The molecule has 0 saturated carbocycles. The molecule has 1 aromatic heterocycles. The molecule has 2 rings (SSSR count). The maximum absolute atomic E-state index is 4.35. The van der Waals surface area contributed by atoms with Gasteiger partial charge in [0.05, 0.1) is 6.04 Å². The van der Waals surface area contributed by atoms with Crippen LogP contribution in [0.15, 0.2) is 35.1 Å². The lowest BCUT2D eigenvalue weighted by molar-refractivity contribution is 0.721. The summed E-state index contributed by atoms with van der Waals surface area (Å²) in [6, 6.07) is 6.42. The second kappa shape index (κ2) is 4.92. The van der Waals surface area contributed by atoms with Crippen LogP contribution in [0.5, 0.6) is 0 Å². The first kappa shape index (κ1) is 12.2. The number of imidazole rings is 1. The Morgan fingerprint density at radius 3 is 2.82 bits per heavy atom. The van der Waals surface area contributed by atoms with Crippen molar-refractivity contribution in [2.24, 2.45) is 7.05 Å². The number of halogens is 1. The van der Waals surface area contributed by atoms with Gasteiger partial charge in [-0.05, 0) is 31.5 Å². The quantitative estimate of drug-likeness (QED) is 0.936. The van der Waals surface area contributed by atoms with Crippen molar-refractivity contribution in [1.82, 2.24) is 9.55 Å². The summed E-state index contributed by atoms with van der Waals surface area (Å²) in [5.74, 6) is 1.03. The summed E-state index contributed by atoms with van der Waals surface area (Å²) in [5, 5.41) is 3.48. The van der Waals surface area contributed by atoms with Crippen LogP contribution in [0.4, 0.5) is 5.69 Å². The van der Waals surface area contributed by atoms with Crippen LogP contribution >= 0.6 is 15.9 Å². The molecule has 0 aliphatic rings. The van der Waals surface area contributed by atoms with E-state index in [1.165, 1.54) is 5.56 Å². The molecule has 0 fully saturated rings. The van der Waals surface area contributed by atoms with Gasteiger partial charge in [0.1, 0.15) is 5.82 Å². The van der Waals surface area contributed by atoms with Gasteiger partial charge in [-0.1, -0.05) is 22.0 Å². The van der Waals surface area contributed by atoms with Crippen LogP contribution < -0.4 is 5.32 Å². The molecule has 0 amide bonds. The zero-order valence-electron chi connectivity index (χ0n) is 10.2. The van der Waals surface area contributed by atoms with Crippen molar-refractivity contribution in [3.05, 3.63) is 46.5 Å². The predicted octanol–water partition coefficient (Wildman–Crippen LogP) is 3.66. The molecule has 0 radical (unpaired) electrons. The third-order valence-electron chi connectivity index (χ3n) is 2.82. The van der Waals surface area contributed by atoms with E-state index in [0.717, 1.165) is 16.0 Å². The minimum atomic E-state index is 0.183. The third-order valence-corrected chi connectivity index (χ3v) is 3.31. The van der Waals surface area contributed by atoms with E-state index in [2.05, 4.69) is 52.2 Å². The molecule has 0 bridgehead atoms. The molecule has 1 aromatic carbocycles. The van der Waals surface area contributed by atoms with E-state index in [9.17, 15) is 0 Å². The molecular weight excluding hydrogens is 278 g/mol. The average molecular weight is 294 g/mol. The maximum Gasteiger partial charge on any atom is 0.130 e. The molecular formula is C13H16BrN3. The van der Waals surface area contributed by atoms with Crippen molar-refractivity contribution >= 4 is 21.6 Å². The molecule has 1 N–H and O–H groups in total. The van der Waals surface area contributed by atoms with Gasteiger partial charge in [-0.15, -0.1) is 0 Å². The molecule has 0 aliphatic carbocycles. The number of aryl methyl sites for hydroxylation is 2. The third kappa shape index (κ3) is 2.69. The Balaban J connectivity index is 2.21. The summed E-state index contributed by atoms with van der Waals surface area (Å²) >= 11 is 3.49. The number of nitrogens with one attached hydrogen (secondary N) is 1. The fraction of sp³-hybridized carbons (Fsp3) is 0.308. The lowest BCUT2D eigenvalue weighted by atomic mass is 10.2. The Kier molecular flexibility index (Phi) is 3.52. The summed E-state index contributed by atoms with van der Waals surface area (Å²) < 4.78 is 3.11. The Morgan fingerprint density at radius 2 is 2.18 bits per heavy atom. The topological polar surface area (TPSA) is 29.9 Å². The fourth-order valence-corrected chi connectivity index (χ4v) is 2.20. The van der Waals surface area contributed by atoms with Crippen LogP contribution in [-0.2, 0) is 7.05 Å². The standard InChI is InChI=1S/C13H16BrN3/c1-9-4-5-11(14)8-12(9)16-10(2)13-15-6-7-17(13)3/h4-8,10,16H,1-3H3. The number of rotatable bonds is 3. The van der Waals surface area contributed by atoms with Crippen LogP contribution in [0.2, 0.25) is 0 Å². The zero-order valence-corrected chi connectivity index (χ0v) is 11.8. The van der Waals surface area contributed by atoms with Crippen LogP contribution in [0.25, 0.3) is 0 Å². The lowest BCUT2D eigenvalue weighted by Gasteiger charge is -2.17. The van der Waals surface area contributed by atoms with Gasteiger partial charge in [0, 0.05) is 29.6 Å². The monoisotopic (exact) mass is 293 g/mol. The first-order valence-corrected chi connectivity index (χ1v) is 6.37. The van der Waals surface area contributed by atoms with E-state index in [1.807, 2.05) is 30.1 Å². The van der Waals surface area contributed by atoms with Gasteiger partial charge >= 0.3 is 0 Å². The van der Waals surface area contributed by atoms with Gasteiger partial charge in [-0.25, -0.2) is 4.98 Å². The first-order chi connectivity index (χ1) is 8.08. The number of nitrogens with zero attached hydrogens (tertiary/aromatic N) is 2. The number of hydrogen-bond acceptors (Lipinski definition) is 2. The second-order valence-electron chi connectivity index (χ2n) is 4.22. The van der Waals surface area contributed by atoms with Crippen LogP contribution in [0.1, 0.15) is 24.4 Å². The molecule has 1 unspecified atom stereocenters. The smallest absolute Gasteiger partial charge is 0.130 e. The van der Waals surface area contributed by atoms with Gasteiger partial charge < -0.3 is 9.88 Å². The second-order valence-corrected chi connectivity index (χ2v) is 5.14. The Labute approximate surface area is 110 Å². The predicted molar refractivity (Wildman–Crippen MR) is 74.1 cm³/mol. The van der Waals surface area contributed by atoms with Gasteiger partial charge in [-0.3, -0.25) is 0 Å². The molecule has 0 aliphatic heterocycles. The number of benzene rings is 1. The highest BCUT2D eigenvalue weighted by Gasteiger charge is 2.11. The molecule has 4 heteroatoms. The maximum atomic E-state index is 4.35. The number of anilines is 1. The van der Waals surface area contributed by atoms with E-state index >= 15 is 0 Å². The minimum absolute atomic E-state index is 0.183. The van der Waals surface area contributed by atoms with E-state index < -0.39 is 0 Å². The van der Waals surface area contributed by atoms with Crippen molar-refractivity contribution in [3.63, 3.8) is 0 Å². The molecule has 1 heterocycles. The van der Waals surface area contributed by atoms with Gasteiger partial charge in [0.2, 0.25) is 0 Å². The van der Waals surface area contributed by atoms with Crippen LogP contribution in [-0.4, -0.2) is 9.55 Å². The van der Waals surface area contributed by atoms with Crippen molar-refractivity contribution in [1.29, 1.82) is 0 Å². The Morgan fingerprint density at radius 1 is 1.41 bits per heavy atom. The SMILES string of the molecule is Cc1ccc(Br)cc1NC(C)c1nccn1C. The van der Waals surface area contributed by atoms with Crippen molar-refractivity contribution < 1.29 is 0 Å². The largest absolute Gasteiger partial charge is 0.375 e. The van der Waals surface area contributed by atoms with Crippen molar-refractivity contribution in [3.8, 4) is 0 Å². The minimum Gasteiger partial charge on any atom is -0.375 e. The van der Waals surface area contributed by atoms with E-state index in [0.29, 0.717) is 0 Å². The van der Waals surface area contributed by atoms with Gasteiger partial charge in [0.25, 0.3) is 0 Å². The Bertz CT molecular complexity index is 519. The van der Waals surface area contributed by atoms with Crippen LogP contribution in [0.3, 0.4) is 0 Å². The molecule has 2 aromatic rings. The lowest BCUT2D eigenvalue weighted by Crippen LogP contribution is -2.12. The van der Waals surface area contributed by atoms with Crippen molar-refractivity contribution in [2.75, 3.05) is 5.32 Å². The highest BCUT2D eigenvalue weighted by Crippen LogP contribution is 2.24. The highest BCUT2D eigenvalue weighted by molar-refractivity contribution is 9.10. The average Bonchev–Trinajstić information content (AvgIpc) is 2.70.